The Bertz CT molecular complexity index is 311. The standard InChI is InChI=1S/C12H18O2/c1-11-5-9(13)7-4-12(2,6-11)10(14)3-8(7)11/h7-9,13H,3-6H2,1-2H3/t7-,8?,9?,11-,12+/m1/s1. The Morgan fingerprint density at radius 3 is 2.64 bits per heavy atom. The topological polar surface area (TPSA) is 37.3 Å². The summed E-state index contributed by atoms with van der Waals surface area (Å²) < 4.78 is 0. The van der Waals surface area contributed by atoms with Crippen molar-refractivity contribution in [3.05, 3.63) is 0 Å². The van der Waals surface area contributed by atoms with Crippen molar-refractivity contribution in [2.24, 2.45) is 22.7 Å². The highest BCUT2D eigenvalue weighted by molar-refractivity contribution is 5.87. The molecule has 0 radical (unpaired) electrons. The maximum atomic E-state index is 11.9. The zero-order chi connectivity index (χ0) is 10.1. The van der Waals surface area contributed by atoms with Crippen LogP contribution in [0.5, 0.6) is 0 Å². The predicted molar refractivity (Wildman–Crippen MR) is 52.7 cm³/mol. The van der Waals surface area contributed by atoms with Crippen molar-refractivity contribution in [1.82, 2.24) is 0 Å². The van der Waals surface area contributed by atoms with Gasteiger partial charge in [0.25, 0.3) is 0 Å². The highest BCUT2D eigenvalue weighted by Crippen LogP contribution is 2.66. The lowest BCUT2D eigenvalue weighted by molar-refractivity contribution is -0.147. The van der Waals surface area contributed by atoms with Crippen molar-refractivity contribution < 1.29 is 9.90 Å². The molecule has 14 heavy (non-hydrogen) atoms. The molecule has 1 N–H and O–H groups in total. The van der Waals surface area contributed by atoms with Gasteiger partial charge >= 0.3 is 0 Å². The third-order valence-electron chi connectivity index (χ3n) is 5.14. The highest BCUT2D eigenvalue weighted by atomic mass is 16.3. The van der Waals surface area contributed by atoms with Crippen molar-refractivity contribution >= 4 is 5.78 Å². The van der Waals surface area contributed by atoms with E-state index in [0.717, 1.165) is 25.7 Å². The average molecular weight is 194 g/mol. The molecule has 2 unspecified atom stereocenters. The lowest BCUT2D eigenvalue weighted by Gasteiger charge is -2.52. The number of fused-ring (bicyclic) bond motifs is 1. The third-order valence-corrected chi connectivity index (χ3v) is 5.14. The van der Waals surface area contributed by atoms with Crippen LogP contribution in [-0.2, 0) is 4.79 Å². The van der Waals surface area contributed by atoms with Crippen LogP contribution in [0.15, 0.2) is 0 Å². The molecule has 0 aromatic rings. The fraction of sp³-hybridized carbons (Fsp3) is 0.917. The van der Waals surface area contributed by atoms with Gasteiger partial charge in [-0.2, -0.15) is 0 Å². The molecule has 0 aromatic carbocycles. The second kappa shape index (κ2) is 2.24. The van der Waals surface area contributed by atoms with E-state index < -0.39 is 0 Å². The first kappa shape index (κ1) is 8.90. The van der Waals surface area contributed by atoms with E-state index in [0.29, 0.717) is 17.6 Å². The molecule has 0 spiro atoms. The molecule has 0 aromatic heterocycles. The fourth-order valence-electron chi connectivity index (χ4n) is 4.59. The molecule has 4 rings (SSSR count). The van der Waals surface area contributed by atoms with Crippen molar-refractivity contribution in [2.75, 3.05) is 0 Å². The van der Waals surface area contributed by atoms with Crippen LogP contribution in [0.4, 0.5) is 0 Å². The number of aliphatic hydroxyl groups is 1. The number of rotatable bonds is 0. The Morgan fingerprint density at radius 1 is 1.36 bits per heavy atom. The lowest BCUT2D eigenvalue weighted by Crippen LogP contribution is -2.51. The van der Waals surface area contributed by atoms with Crippen molar-refractivity contribution in [1.29, 1.82) is 0 Å². The van der Waals surface area contributed by atoms with Gasteiger partial charge in [-0.25, -0.2) is 0 Å². The van der Waals surface area contributed by atoms with Crippen LogP contribution in [0.3, 0.4) is 0 Å². The normalized spacial score (nSPS) is 60.8. The summed E-state index contributed by atoms with van der Waals surface area (Å²) >= 11 is 0. The van der Waals surface area contributed by atoms with Gasteiger partial charge < -0.3 is 5.11 Å². The Morgan fingerprint density at radius 2 is 2.07 bits per heavy atom. The van der Waals surface area contributed by atoms with E-state index in [4.69, 9.17) is 0 Å². The van der Waals surface area contributed by atoms with Crippen LogP contribution in [0.1, 0.15) is 39.5 Å². The van der Waals surface area contributed by atoms with Gasteiger partial charge in [-0.15, -0.1) is 0 Å². The van der Waals surface area contributed by atoms with E-state index >= 15 is 0 Å². The molecular weight excluding hydrogens is 176 g/mol. The smallest absolute Gasteiger partial charge is 0.139 e. The molecule has 0 saturated heterocycles. The SMILES string of the molecule is C[C@]12C[C@H]3C(O)C[C@](C)(C1)C3CC2=O. The molecule has 2 heteroatoms. The fourth-order valence-corrected chi connectivity index (χ4v) is 4.59. The molecule has 4 fully saturated rings. The number of hydrogen-bond acceptors (Lipinski definition) is 2. The minimum Gasteiger partial charge on any atom is -0.393 e. The average Bonchev–Trinajstić information content (AvgIpc) is 2.24. The van der Waals surface area contributed by atoms with E-state index in [2.05, 4.69) is 13.8 Å². The van der Waals surface area contributed by atoms with Crippen LogP contribution in [0, 0.1) is 22.7 Å². The largest absolute Gasteiger partial charge is 0.393 e. The molecule has 4 saturated carbocycles. The zero-order valence-corrected chi connectivity index (χ0v) is 8.92. The van der Waals surface area contributed by atoms with E-state index in [1.807, 2.05) is 0 Å². The summed E-state index contributed by atoms with van der Waals surface area (Å²) in [6.07, 6.45) is 3.46. The molecule has 5 atom stereocenters. The van der Waals surface area contributed by atoms with E-state index in [1.54, 1.807) is 0 Å². The van der Waals surface area contributed by atoms with Gasteiger partial charge in [0.1, 0.15) is 5.78 Å². The molecule has 0 aliphatic heterocycles. The third kappa shape index (κ3) is 0.837. The van der Waals surface area contributed by atoms with Crippen molar-refractivity contribution in [2.45, 2.75) is 45.6 Å². The molecule has 4 aliphatic carbocycles. The molecule has 0 amide bonds. The molecular formula is C12H18O2. The van der Waals surface area contributed by atoms with Gasteiger partial charge in [-0.1, -0.05) is 13.8 Å². The second-order valence-corrected chi connectivity index (χ2v) is 6.26. The Balaban J connectivity index is 2.07. The number of ketones is 1. The number of aliphatic hydroxyl groups excluding tert-OH is 1. The quantitative estimate of drug-likeness (QED) is 0.638. The van der Waals surface area contributed by atoms with Gasteiger partial charge in [-0.3, -0.25) is 4.79 Å². The first-order valence-electron chi connectivity index (χ1n) is 5.66. The van der Waals surface area contributed by atoms with E-state index in [1.165, 1.54) is 0 Å². The molecule has 2 nitrogen and oxygen atoms in total. The van der Waals surface area contributed by atoms with Gasteiger partial charge in [-0.05, 0) is 36.5 Å². The molecule has 78 valence electrons. The molecule has 0 heterocycles. The van der Waals surface area contributed by atoms with Crippen LogP contribution in [0.2, 0.25) is 0 Å². The number of carbonyl (C=O) groups is 1. The van der Waals surface area contributed by atoms with Gasteiger partial charge in [0.15, 0.2) is 0 Å². The summed E-state index contributed by atoms with van der Waals surface area (Å²) in [5.41, 5.74) is 0.149. The predicted octanol–water partition coefficient (Wildman–Crippen LogP) is 1.76. The molecule has 4 aliphatic rings. The number of hydrogen-bond donors (Lipinski definition) is 1. The van der Waals surface area contributed by atoms with Crippen LogP contribution < -0.4 is 0 Å². The van der Waals surface area contributed by atoms with Crippen molar-refractivity contribution in [3.8, 4) is 0 Å². The first-order valence-corrected chi connectivity index (χ1v) is 5.66. The summed E-state index contributed by atoms with van der Waals surface area (Å²) in [4.78, 5) is 11.9. The summed E-state index contributed by atoms with van der Waals surface area (Å²) in [6.45, 7) is 4.37. The summed E-state index contributed by atoms with van der Waals surface area (Å²) in [5, 5.41) is 9.98. The van der Waals surface area contributed by atoms with Gasteiger partial charge in [0.05, 0.1) is 6.10 Å². The highest BCUT2D eigenvalue weighted by Gasteiger charge is 2.64. The lowest BCUT2D eigenvalue weighted by atomic mass is 9.50. The zero-order valence-electron chi connectivity index (χ0n) is 8.92. The van der Waals surface area contributed by atoms with Crippen LogP contribution >= 0.6 is 0 Å². The molecule has 4 bridgehead atoms. The minimum atomic E-state index is -0.139. The number of carbonyl (C=O) groups excluding carboxylic acids is 1. The minimum absolute atomic E-state index is 0.106. The second-order valence-electron chi connectivity index (χ2n) is 6.26. The maximum Gasteiger partial charge on any atom is 0.139 e. The summed E-state index contributed by atoms with van der Waals surface area (Å²) in [5.74, 6) is 1.34. The van der Waals surface area contributed by atoms with E-state index in [-0.39, 0.29) is 16.9 Å². The number of Topliss-reactive ketones (excluding diaryl/α,β-unsaturated/α-hetero) is 1. The van der Waals surface area contributed by atoms with E-state index in [9.17, 15) is 9.90 Å². The Kier molecular flexibility index (Phi) is 1.42. The summed E-state index contributed by atoms with van der Waals surface area (Å²) in [7, 11) is 0. The monoisotopic (exact) mass is 194 g/mol. The first-order chi connectivity index (χ1) is 6.45. The van der Waals surface area contributed by atoms with Gasteiger partial charge in [0, 0.05) is 11.8 Å². The summed E-state index contributed by atoms with van der Waals surface area (Å²) in [6, 6.07) is 0. The Hall–Kier alpha value is -0.370. The Labute approximate surface area is 84.7 Å². The van der Waals surface area contributed by atoms with Crippen LogP contribution in [0.25, 0.3) is 0 Å². The van der Waals surface area contributed by atoms with Crippen molar-refractivity contribution in [3.63, 3.8) is 0 Å². The van der Waals surface area contributed by atoms with Crippen LogP contribution in [-0.4, -0.2) is 17.0 Å². The van der Waals surface area contributed by atoms with Gasteiger partial charge in [0.2, 0.25) is 0 Å². The maximum absolute atomic E-state index is 11.9.